The lowest BCUT2D eigenvalue weighted by molar-refractivity contribution is -0.127. The van der Waals surface area contributed by atoms with Gasteiger partial charge in [0, 0.05) is 36.3 Å². The minimum atomic E-state index is -0.167. The van der Waals surface area contributed by atoms with Gasteiger partial charge in [-0.2, -0.15) is 0 Å². The van der Waals surface area contributed by atoms with Crippen molar-refractivity contribution >= 4 is 23.0 Å². The lowest BCUT2D eigenvalue weighted by atomic mass is 9.86. The van der Waals surface area contributed by atoms with E-state index >= 15 is 0 Å². The molecule has 8 nitrogen and oxygen atoms in total. The third-order valence-corrected chi connectivity index (χ3v) is 7.36. The van der Waals surface area contributed by atoms with E-state index in [2.05, 4.69) is 30.7 Å². The first-order chi connectivity index (χ1) is 18.6. The van der Waals surface area contributed by atoms with Gasteiger partial charge in [-0.05, 0) is 67.5 Å². The number of hydrogen-bond donors (Lipinski definition) is 1. The second-order valence-corrected chi connectivity index (χ2v) is 11.1. The van der Waals surface area contributed by atoms with Crippen LogP contribution in [0.15, 0.2) is 61.1 Å². The van der Waals surface area contributed by atoms with Gasteiger partial charge in [0.15, 0.2) is 0 Å². The maximum Gasteiger partial charge on any atom is 0.246 e. The van der Waals surface area contributed by atoms with E-state index in [-0.39, 0.29) is 23.1 Å². The first-order valence-electron chi connectivity index (χ1n) is 13.3. The van der Waals surface area contributed by atoms with Gasteiger partial charge in [0.25, 0.3) is 0 Å². The second-order valence-electron chi connectivity index (χ2n) is 11.1. The average molecular weight is 523 g/mol. The number of carbonyl (C=O) groups excluding carboxylic acids is 2. The molecule has 1 amide bonds. The summed E-state index contributed by atoms with van der Waals surface area (Å²) in [6.45, 7) is 10.8. The fourth-order valence-electron chi connectivity index (χ4n) is 5.29. The number of benzene rings is 1. The summed E-state index contributed by atoms with van der Waals surface area (Å²) in [4.78, 5) is 41.8. The zero-order valence-corrected chi connectivity index (χ0v) is 23.1. The van der Waals surface area contributed by atoms with Gasteiger partial charge < -0.3 is 10.6 Å². The summed E-state index contributed by atoms with van der Waals surface area (Å²) < 4.78 is 1.94. The van der Waals surface area contributed by atoms with Crippen LogP contribution in [0, 0.1) is 6.92 Å². The van der Waals surface area contributed by atoms with E-state index in [1.807, 2.05) is 59.7 Å². The van der Waals surface area contributed by atoms with Gasteiger partial charge in [-0.1, -0.05) is 39.0 Å². The number of imidazole rings is 1. The Hall–Kier alpha value is -4.33. The van der Waals surface area contributed by atoms with Crippen LogP contribution in [-0.2, 0) is 10.2 Å². The van der Waals surface area contributed by atoms with Gasteiger partial charge in [-0.15, -0.1) is 0 Å². The van der Waals surface area contributed by atoms with E-state index in [1.165, 1.54) is 0 Å². The molecule has 1 atom stereocenters. The molecule has 0 bridgehead atoms. The molecular formula is C31H34N6O2. The molecule has 39 heavy (non-hydrogen) atoms. The van der Waals surface area contributed by atoms with E-state index in [4.69, 9.17) is 10.7 Å². The van der Waals surface area contributed by atoms with Crippen LogP contribution in [0.3, 0.4) is 0 Å². The lowest BCUT2D eigenvalue weighted by Crippen LogP contribution is -2.30. The maximum atomic E-state index is 13.4. The summed E-state index contributed by atoms with van der Waals surface area (Å²) in [6.07, 6.45) is 10.3. The molecule has 1 aromatic carbocycles. The van der Waals surface area contributed by atoms with Crippen LogP contribution < -0.4 is 5.73 Å². The Morgan fingerprint density at radius 3 is 2.62 bits per heavy atom. The normalized spacial score (nSPS) is 15.9. The molecule has 1 aliphatic heterocycles. The molecule has 1 fully saturated rings. The maximum absolute atomic E-state index is 13.4. The first-order valence-corrected chi connectivity index (χ1v) is 13.3. The number of amides is 1. The SMILES string of the molecule is C/C=C/C(=O)N1CCC[C@H]1c1nc(-c2ccc(C(=O)c3cc(C(C)(C)C)ccn3)c(C)c2)c2c(N)nccn12. The predicted molar refractivity (Wildman–Crippen MR) is 152 cm³/mol. The molecule has 3 aromatic heterocycles. The number of allylic oxidation sites excluding steroid dienone is 1. The van der Waals surface area contributed by atoms with Gasteiger partial charge in [0.1, 0.15) is 28.5 Å². The van der Waals surface area contributed by atoms with Crippen molar-refractivity contribution in [1.82, 2.24) is 24.3 Å². The van der Waals surface area contributed by atoms with Crippen molar-refractivity contribution in [2.24, 2.45) is 0 Å². The molecule has 1 aliphatic rings. The van der Waals surface area contributed by atoms with Crippen molar-refractivity contribution in [1.29, 1.82) is 0 Å². The standard InChI is InChI=1S/C31H34N6O2/c1-6-8-25(38)36-15-7-9-24(36)30-35-26(27-29(32)34-14-16-37(27)30)20-10-11-22(19(2)17-20)28(39)23-18-21(12-13-33-23)31(3,4)5/h6,8,10-14,16-18,24H,7,9,15H2,1-5H3,(H2,32,34)/b8-6+/t24-/m0/s1. The highest BCUT2D eigenvalue weighted by atomic mass is 16.2. The van der Waals surface area contributed by atoms with Crippen LogP contribution in [0.1, 0.15) is 79.6 Å². The predicted octanol–water partition coefficient (Wildman–Crippen LogP) is 5.45. The smallest absolute Gasteiger partial charge is 0.246 e. The zero-order chi connectivity index (χ0) is 27.9. The number of nitrogens with zero attached hydrogens (tertiary/aromatic N) is 5. The monoisotopic (exact) mass is 522 g/mol. The topological polar surface area (TPSA) is 106 Å². The van der Waals surface area contributed by atoms with Gasteiger partial charge >= 0.3 is 0 Å². The van der Waals surface area contributed by atoms with Crippen molar-refractivity contribution in [3.63, 3.8) is 0 Å². The van der Waals surface area contributed by atoms with Gasteiger partial charge in [-0.3, -0.25) is 19.0 Å². The van der Waals surface area contributed by atoms with E-state index in [0.29, 0.717) is 34.8 Å². The molecule has 0 spiro atoms. The molecule has 4 aromatic rings. The molecule has 0 radical (unpaired) electrons. The van der Waals surface area contributed by atoms with E-state index in [0.717, 1.165) is 35.4 Å². The van der Waals surface area contributed by atoms with Gasteiger partial charge in [0.2, 0.25) is 11.7 Å². The summed E-state index contributed by atoms with van der Waals surface area (Å²) in [5.41, 5.74) is 11.4. The van der Waals surface area contributed by atoms with Crippen LogP contribution in [0.2, 0.25) is 0 Å². The lowest BCUT2D eigenvalue weighted by Gasteiger charge is -2.22. The molecule has 200 valence electrons. The number of fused-ring (bicyclic) bond motifs is 1. The third-order valence-electron chi connectivity index (χ3n) is 7.36. The number of nitrogen functional groups attached to an aromatic ring is 1. The number of aryl methyl sites for hydroxylation is 1. The largest absolute Gasteiger partial charge is 0.382 e. The Kier molecular flexibility index (Phi) is 6.80. The number of nitrogens with two attached hydrogens (primary N) is 1. The Morgan fingerprint density at radius 1 is 1.10 bits per heavy atom. The average Bonchev–Trinajstić information content (AvgIpc) is 3.54. The second kappa shape index (κ2) is 10.1. The molecule has 8 heteroatoms. The quantitative estimate of drug-likeness (QED) is 0.276. The van der Waals surface area contributed by atoms with Crippen LogP contribution in [-0.4, -0.2) is 42.5 Å². The Labute approximate surface area is 228 Å². The van der Waals surface area contributed by atoms with Crippen molar-refractivity contribution in [3.05, 3.63) is 89.3 Å². The van der Waals surface area contributed by atoms with Crippen molar-refractivity contribution in [2.75, 3.05) is 12.3 Å². The summed E-state index contributed by atoms with van der Waals surface area (Å²) in [5, 5.41) is 0. The first kappa shape index (κ1) is 26.3. The molecule has 0 unspecified atom stereocenters. The highest BCUT2D eigenvalue weighted by Crippen LogP contribution is 2.37. The summed E-state index contributed by atoms with van der Waals surface area (Å²) in [5.74, 6) is 0.969. The number of rotatable bonds is 5. The molecule has 2 N–H and O–H groups in total. The van der Waals surface area contributed by atoms with E-state index < -0.39 is 0 Å². The molecule has 0 saturated carbocycles. The molecule has 4 heterocycles. The van der Waals surface area contributed by atoms with Crippen molar-refractivity contribution in [3.8, 4) is 11.3 Å². The minimum absolute atomic E-state index is 0.0248. The number of anilines is 1. The molecular weight excluding hydrogens is 488 g/mol. The van der Waals surface area contributed by atoms with Crippen molar-refractivity contribution < 1.29 is 9.59 Å². The van der Waals surface area contributed by atoms with Crippen LogP contribution in [0.4, 0.5) is 5.82 Å². The number of pyridine rings is 1. The highest BCUT2D eigenvalue weighted by Gasteiger charge is 2.33. The zero-order valence-electron chi connectivity index (χ0n) is 23.1. The van der Waals surface area contributed by atoms with Crippen LogP contribution in [0.5, 0.6) is 0 Å². The van der Waals surface area contributed by atoms with Gasteiger partial charge in [0.05, 0.1) is 6.04 Å². The van der Waals surface area contributed by atoms with Gasteiger partial charge in [-0.25, -0.2) is 9.97 Å². The Balaban J connectivity index is 1.56. The fourth-order valence-corrected chi connectivity index (χ4v) is 5.29. The fraction of sp³-hybridized carbons (Fsp3) is 0.323. The highest BCUT2D eigenvalue weighted by molar-refractivity contribution is 6.09. The molecule has 0 aliphatic carbocycles. The number of ketones is 1. The van der Waals surface area contributed by atoms with Crippen molar-refractivity contribution in [2.45, 2.75) is 58.9 Å². The van der Waals surface area contributed by atoms with E-state index in [1.54, 1.807) is 24.5 Å². The summed E-state index contributed by atoms with van der Waals surface area (Å²) in [7, 11) is 0. The number of hydrogen-bond acceptors (Lipinski definition) is 6. The number of likely N-dealkylation sites (tertiary alicyclic amines) is 1. The summed E-state index contributed by atoms with van der Waals surface area (Å²) >= 11 is 0. The Bertz CT molecular complexity index is 1610. The third kappa shape index (κ3) is 4.82. The van der Waals surface area contributed by atoms with E-state index in [9.17, 15) is 9.59 Å². The molecule has 1 saturated heterocycles. The molecule has 5 rings (SSSR count). The van der Waals surface area contributed by atoms with Crippen LogP contribution in [0.25, 0.3) is 16.8 Å². The summed E-state index contributed by atoms with van der Waals surface area (Å²) in [6, 6.07) is 9.33. The Morgan fingerprint density at radius 2 is 1.90 bits per heavy atom. The minimum Gasteiger partial charge on any atom is -0.382 e. The number of carbonyl (C=O) groups is 2. The number of aromatic nitrogens is 4. The van der Waals surface area contributed by atoms with Crippen LogP contribution >= 0.6 is 0 Å².